The summed E-state index contributed by atoms with van der Waals surface area (Å²) in [5.74, 6) is 0.689. The summed E-state index contributed by atoms with van der Waals surface area (Å²) in [6, 6.07) is 2.16. The minimum atomic E-state index is -0.926. The van der Waals surface area contributed by atoms with Gasteiger partial charge in [0.15, 0.2) is 0 Å². The Labute approximate surface area is 89.1 Å². The van der Waals surface area contributed by atoms with Gasteiger partial charge in [-0.05, 0) is 25.2 Å². The van der Waals surface area contributed by atoms with E-state index in [0.717, 1.165) is 12.8 Å². The molecule has 0 aromatic carbocycles. The van der Waals surface area contributed by atoms with Crippen LogP contribution in [0.25, 0.3) is 0 Å². The highest BCUT2D eigenvalue weighted by atomic mass is 32.2. The second kappa shape index (κ2) is 5.50. The Balaban J connectivity index is 2.55. The molecule has 14 heavy (non-hydrogen) atoms. The lowest BCUT2D eigenvalue weighted by Gasteiger charge is -2.27. The van der Waals surface area contributed by atoms with Crippen LogP contribution in [-0.2, 0) is 10.8 Å². The molecule has 0 bridgehead atoms. The highest BCUT2D eigenvalue weighted by molar-refractivity contribution is 7.86. The Bertz CT molecular complexity index is 246. The number of hydrogen-bond donors (Lipinski definition) is 0. The van der Waals surface area contributed by atoms with E-state index in [2.05, 4.69) is 13.0 Å². The Morgan fingerprint density at radius 2 is 2.29 bits per heavy atom. The Morgan fingerprint density at radius 1 is 1.57 bits per heavy atom. The first-order chi connectivity index (χ1) is 6.69. The lowest BCUT2D eigenvalue weighted by molar-refractivity contribution is 0.388. The van der Waals surface area contributed by atoms with Crippen LogP contribution < -0.4 is 0 Å². The molecule has 1 fully saturated rings. The van der Waals surface area contributed by atoms with Gasteiger partial charge < -0.3 is 0 Å². The van der Waals surface area contributed by atoms with E-state index in [-0.39, 0.29) is 10.5 Å². The molecular weight excluding hydrogens is 194 g/mol. The molecule has 0 aliphatic heterocycles. The van der Waals surface area contributed by atoms with Crippen LogP contribution in [0.15, 0.2) is 0 Å². The molecule has 0 N–H and O–H groups in total. The van der Waals surface area contributed by atoms with E-state index in [4.69, 9.17) is 5.26 Å². The lowest BCUT2D eigenvalue weighted by Crippen LogP contribution is -2.29. The van der Waals surface area contributed by atoms with Gasteiger partial charge in [0.05, 0.1) is 6.07 Å². The summed E-state index contributed by atoms with van der Waals surface area (Å²) < 4.78 is 12.0. The van der Waals surface area contributed by atoms with E-state index in [1.807, 2.05) is 6.92 Å². The van der Waals surface area contributed by atoms with Gasteiger partial charge in [0.25, 0.3) is 0 Å². The summed E-state index contributed by atoms with van der Waals surface area (Å²) in [7, 11) is -0.926. The second-order valence-corrected chi connectivity index (χ2v) is 6.14. The highest BCUT2D eigenvalue weighted by Gasteiger charge is 2.28. The molecule has 1 saturated carbocycles. The van der Waals surface area contributed by atoms with Crippen molar-refractivity contribution in [3.63, 3.8) is 0 Å². The molecule has 4 unspecified atom stereocenters. The molecule has 0 aromatic rings. The van der Waals surface area contributed by atoms with E-state index in [1.165, 1.54) is 12.8 Å². The third kappa shape index (κ3) is 2.81. The van der Waals surface area contributed by atoms with Crippen LogP contribution in [0.1, 0.15) is 46.0 Å². The summed E-state index contributed by atoms with van der Waals surface area (Å²) >= 11 is 0. The molecule has 3 heteroatoms. The van der Waals surface area contributed by atoms with Gasteiger partial charge in [0.2, 0.25) is 0 Å². The van der Waals surface area contributed by atoms with Crippen molar-refractivity contribution < 1.29 is 4.21 Å². The molecule has 1 aliphatic rings. The summed E-state index contributed by atoms with van der Waals surface area (Å²) in [4.78, 5) is 0. The molecule has 4 atom stereocenters. The predicted molar refractivity (Wildman–Crippen MR) is 59.3 cm³/mol. The van der Waals surface area contributed by atoms with Crippen LogP contribution in [0.5, 0.6) is 0 Å². The zero-order valence-electron chi connectivity index (χ0n) is 9.03. The van der Waals surface area contributed by atoms with Gasteiger partial charge in [0, 0.05) is 16.0 Å². The Morgan fingerprint density at radius 3 is 2.79 bits per heavy atom. The van der Waals surface area contributed by atoms with Crippen molar-refractivity contribution in [2.45, 2.75) is 56.5 Å². The van der Waals surface area contributed by atoms with Gasteiger partial charge >= 0.3 is 0 Å². The Hall–Kier alpha value is -0.360. The van der Waals surface area contributed by atoms with Crippen LogP contribution in [0, 0.1) is 17.2 Å². The quantitative estimate of drug-likeness (QED) is 0.723. The topological polar surface area (TPSA) is 40.9 Å². The second-order valence-electron chi connectivity index (χ2n) is 4.25. The lowest BCUT2D eigenvalue weighted by atomic mass is 9.91. The molecule has 0 radical (unpaired) electrons. The fourth-order valence-corrected chi connectivity index (χ4v) is 3.94. The van der Waals surface area contributed by atoms with Crippen molar-refractivity contribution in [2.75, 3.05) is 0 Å². The van der Waals surface area contributed by atoms with E-state index in [1.54, 1.807) is 0 Å². The molecule has 2 nitrogen and oxygen atoms in total. The van der Waals surface area contributed by atoms with Crippen molar-refractivity contribution in [1.82, 2.24) is 0 Å². The number of nitriles is 1. The zero-order valence-corrected chi connectivity index (χ0v) is 9.85. The van der Waals surface area contributed by atoms with Gasteiger partial charge in [-0.25, -0.2) is 0 Å². The van der Waals surface area contributed by atoms with Crippen molar-refractivity contribution in [3.05, 3.63) is 0 Å². The smallest absolute Gasteiger partial charge is 0.121 e. The summed E-state index contributed by atoms with van der Waals surface area (Å²) in [6.45, 7) is 4.16. The third-order valence-electron chi connectivity index (χ3n) is 3.01. The van der Waals surface area contributed by atoms with Crippen LogP contribution in [0.4, 0.5) is 0 Å². The average molecular weight is 213 g/mol. The van der Waals surface area contributed by atoms with Gasteiger partial charge in [-0.3, -0.25) is 4.21 Å². The van der Waals surface area contributed by atoms with Crippen LogP contribution in [0.2, 0.25) is 0 Å². The molecule has 1 aliphatic carbocycles. The zero-order chi connectivity index (χ0) is 10.6. The van der Waals surface area contributed by atoms with Crippen molar-refractivity contribution in [2.24, 2.45) is 5.92 Å². The first-order valence-corrected chi connectivity index (χ1v) is 6.75. The number of nitrogens with zero attached hydrogens (tertiary/aromatic N) is 1. The molecule has 0 spiro atoms. The minimum absolute atomic E-state index is 0.245. The van der Waals surface area contributed by atoms with Crippen molar-refractivity contribution in [1.29, 1.82) is 5.26 Å². The minimum Gasteiger partial charge on any atom is -0.258 e. The van der Waals surface area contributed by atoms with E-state index in [9.17, 15) is 4.21 Å². The fraction of sp³-hybridized carbons (Fsp3) is 0.909. The van der Waals surface area contributed by atoms with Crippen LogP contribution >= 0.6 is 0 Å². The molecule has 80 valence electrons. The highest BCUT2D eigenvalue weighted by Crippen LogP contribution is 2.28. The maximum atomic E-state index is 12.0. The molecule has 0 aromatic heterocycles. The molecule has 0 saturated heterocycles. The average Bonchev–Trinajstić information content (AvgIpc) is 2.19. The number of hydrogen-bond acceptors (Lipinski definition) is 2. The van der Waals surface area contributed by atoms with Crippen LogP contribution in [-0.4, -0.2) is 14.7 Å². The normalized spacial score (nSPS) is 31.8. The maximum absolute atomic E-state index is 12.0. The summed E-state index contributed by atoms with van der Waals surface area (Å²) in [5, 5.41) is 8.89. The molecule has 0 amide bonds. The van der Waals surface area contributed by atoms with Crippen LogP contribution in [0.3, 0.4) is 0 Å². The van der Waals surface area contributed by atoms with Crippen molar-refractivity contribution >= 4 is 10.8 Å². The van der Waals surface area contributed by atoms with Gasteiger partial charge in [-0.2, -0.15) is 5.26 Å². The largest absolute Gasteiger partial charge is 0.258 e. The summed E-state index contributed by atoms with van der Waals surface area (Å²) in [5.41, 5.74) is 0. The molecular formula is C11H19NOS. The predicted octanol–water partition coefficient (Wildman–Crippen LogP) is 2.62. The molecule has 0 heterocycles. The standard InChI is InChI=1S/C11H19NOS/c1-3-10(8-12)14(13)11-6-4-5-9(2)7-11/h9-11H,3-7H2,1-2H3. The van der Waals surface area contributed by atoms with Crippen molar-refractivity contribution in [3.8, 4) is 6.07 Å². The third-order valence-corrected chi connectivity index (χ3v) is 5.10. The summed E-state index contributed by atoms with van der Waals surface area (Å²) in [6.07, 6.45) is 5.25. The van der Waals surface area contributed by atoms with E-state index in [0.29, 0.717) is 12.3 Å². The monoisotopic (exact) mass is 213 g/mol. The van der Waals surface area contributed by atoms with E-state index < -0.39 is 10.8 Å². The first-order valence-electron chi connectivity index (χ1n) is 5.48. The number of rotatable bonds is 3. The molecule has 1 rings (SSSR count). The SMILES string of the molecule is CCC(C#N)S(=O)C1CCCC(C)C1. The fourth-order valence-electron chi connectivity index (χ4n) is 2.13. The maximum Gasteiger partial charge on any atom is 0.121 e. The van der Waals surface area contributed by atoms with E-state index >= 15 is 0 Å². The van der Waals surface area contributed by atoms with Gasteiger partial charge in [0.1, 0.15) is 5.25 Å². The Kier molecular flexibility index (Phi) is 4.60. The first kappa shape index (κ1) is 11.7. The van der Waals surface area contributed by atoms with Gasteiger partial charge in [-0.1, -0.05) is 26.7 Å². The van der Waals surface area contributed by atoms with Gasteiger partial charge in [-0.15, -0.1) is 0 Å².